The monoisotopic (exact) mass is 322 g/mol. The largest absolute Gasteiger partial charge is 0.393 e. The van der Waals surface area contributed by atoms with Crippen LogP contribution in [0.1, 0.15) is 45.4 Å². The Balaban J connectivity index is 1.66. The van der Waals surface area contributed by atoms with Crippen molar-refractivity contribution in [2.45, 2.75) is 51.6 Å². The third kappa shape index (κ3) is 3.79. The fraction of sp³-hybridized carbons (Fsp3) is 0.882. The van der Waals surface area contributed by atoms with Crippen LogP contribution < -0.4 is 10.6 Å². The number of piperidine rings is 1. The molecule has 0 bridgehead atoms. The predicted molar refractivity (Wildman–Crippen MR) is 90.2 cm³/mol. The van der Waals surface area contributed by atoms with Crippen LogP contribution in [-0.2, 0) is 4.79 Å². The molecule has 6 nitrogen and oxygen atoms in total. The van der Waals surface area contributed by atoms with Crippen molar-refractivity contribution in [2.24, 2.45) is 16.3 Å². The number of hydrogen-bond donors (Lipinski definition) is 3. The molecule has 0 aromatic rings. The number of nitrogens with zero attached hydrogens (tertiary/aromatic N) is 2. The Hall–Kier alpha value is -1.30. The molecule has 3 unspecified atom stereocenters. The molecule has 2 aliphatic heterocycles. The number of hydrogen-bond acceptors (Lipinski definition) is 3. The molecule has 1 spiro atoms. The van der Waals surface area contributed by atoms with Gasteiger partial charge < -0.3 is 20.6 Å². The first-order valence-electron chi connectivity index (χ1n) is 9.10. The first-order chi connectivity index (χ1) is 11.1. The molecular weight excluding hydrogens is 292 g/mol. The molecule has 3 atom stereocenters. The van der Waals surface area contributed by atoms with Crippen molar-refractivity contribution < 1.29 is 9.90 Å². The van der Waals surface area contributed by atoms with E-state index in [4.69, 9.17) is 4.99 Å². The van der Waals surface area contributed by atoms with Crippen LogP contribution in [0.15, 0.2) is 4.99 Å². The summed E-state index contributed by atoms with van der Waals surface area (Å²) in [5.41, 5.74) is 0.0817. The highest BCUT2D eigenvalue weighted by molar-refractivity contribution is 5.81. The lowest BCUT2D eigenvalue weighted by Gasteiger charge is -2.41. The van der Waals surface area contributed by atoms with E-state index in [1.54, 1.807) is 0 Å². The van der Waals surface area contributed by atoms with E-state index < -0.39 is 0 Å². The number of carbonyl (C=O) groups excluding carboxylic acids is 1. The molecule has 0 aromatic heterocycles. The average Bonchev–Trinajstić information content (AvgIpc) is 3.10. The van der Waals surface area contributed by atoms with Crippen LogP contribution in [0.3, 0.4) is 0 Å². The first kappa shape index (κ1) is 16.6. The molecule has 6 heteroatoms. The number of aliphatic imine (C=N–C) groups is 1. The fourth-order valence-electron chi connectivity index (χ4n) is 4.29. The Kier molecular flexibility index (Phi) is 5.09. The highest BCUT2D eigenvalue weighted by atomic mass is 16.3. The van der Waals surface area contributed by atoms with E-state index in [9.17, 15) is 9.90 Å². The summed E-state index contributed by atoms with van der Waals surface area (Å²) in [7, 11) is 0. The van der Waals surface area contributed by atoms with Gasteiger partial charge in [0.05, 0.1) is 6.10 Å². The van der Waals surface area contributed by atoms with Crippen LogP contribution >= 0.6 is 0 Å². The quantitative estimate of drug-likeness (QED) is 0.528. The van der Waals surface area contributed by atoms with Gasteiger partial charge in [-0.05, 0) is 32.6 Å². The van der Waals surface area contributed by atoms with Crippen molar-refractivity contribution in [3.63, 3.8) is 0 Å². The molecule has 23 heavy (non-hydrogen) atoms. The highest BCUT2D eigenvalue weighted by Crippen LogP contribution is 2.36. The third-order valence-electron chi connectivity index (χ3n) is 5.59. The van der Waals surface area contributed by atoms with Gasteiger partial charge in [0, 0.05) is 50.5 Å². The van der Waals surface area contributed by atoms with E-state index in [0.717, 1.165) is 64.2 Å². The minimum absolute atomic E-state index is 0.0817. The van der Waals surface area contributed by atoms with E-state index in [0.29, 0.717) is 18.9 Å². The van der Waals surface area contributed by atoms with E-state index in [1.165, 1.54) is 0 Å². The van der Waals surface area contributed by atoms with Gasteiger partial charge >= 0.3 is 0 Å². The van der Waals surface area contributed by atoms with Crippen LogP contribution in [-0.4, -0.2) is 60.7 Å². The van der Waals surface area contributed by atoms with Gasteiger partial charge in [-0.1, -0.05) is 6.42 Å². The lowest BCUT2D eigenvalue weighted by Crippen LogP contribution is -2.51. The van der Waals surface area contributed by atoms with Crippen molar-refractivity contribution in [1.29, 1.82) is 0 Å². The standard InChI is InChI=1S/C17H30N4O2/c1-2-18-16(19-10-13-5-3-6-14(13)22)21-8-4-7-17(12-21)9-15(23)20-11-17/h13-14,22H,2-12H2,1H3,(H,18,19)(H,20,23). The van der Waals surface area contributed by atoms with Gasteiger partial charge in [-0.25, -0.2) is 0 Å². The number of rotatable bonds is 3. The summed E-state index contributed by atoms with van der Waals surface area (Å²) in [6.07, 6.45) is 5.77. The molecule has 0 radical (unpaired) electrons. The maximum atomic E-state index is 11.7. The van der Waals surface area contributed by atoms with Crippen LogP contribution in [0.4, 0.5) is 0 Å². The summed E-state index contributed by atoms with van der Waals surface area (Å²) in [6.45, 7) is 6.31. The zero-order valence-electron chi connectivity index (χ0n) is 14.2. The van der Waals surface area contributed by atoms with E-state index in [1.807, 2.05) is 0 Å². The zero-order valence-corrected chi connectivity index (χ0v) is 14.2. The van der Waals surface area contributed by atoms with Crippen molar-refractivity contribution >= 4 is 11.9 Å². The SMILES string of the molecule is CCNC(=NCC1CCCC1O)N1CCCC2(CNC(=O)C2)C1. The molecular formula is C17H30N4O2. The Morgan fingerprint density at radius 2 is 2.35 bits per heavy atom. The molecule has 0 aromatic carbocycles. The number of aliphatic hydroxyl groups excluding tert-OH is 1. The summed E-state index contributed by atoms with van der Waals surface area (Å²) in [6, 6.07) is 0. The Bertz CT molecular complexity index is 468. The number of aliphatic hydroxyl groups is 1. The molecule has 1 aliphatic carbocycles. The van der Waals surface area contributed by atoms with Crippen LogP contribution in [0.2, 0.25) is 0 Å². The summed E-state index contributed by atoms with van der Waals surface area (Å²) in [5.74, 6) is 1.44. The second-order valence-corrected chi connectivity index (χ2v) is 7.43. The molecule has 3 N–H and O–H groups in total. The molecule has 2 heterocycles. The van der Waals surface area contributed by atoms with Gasteiger partial charge in [-0.2, -0.15) is 0 Å². The molecule has 3 fully saturated rings. The summed E-state index contributed by atoms with van der Waals surface area (Å²) in [4.78, 5) is 18.8. The average molecular weight is 322 g/mol. The Morgan fingerprint density at radius 1 is 1.48 bits per heavy atom. The lowest BCUT2D eigenvalue weighted by molar-refractivity contribution is -0.119. The fourth-order valence-corrected chi connectivity index (χ4v) is 4.29. The second kappa shape index (κ2) is 7.07. The van der Waals surface area contributed by atoms with Crippen molar-refractivity contribution in [1.82, 2.24) is 15.5 Å². The number of likely N-dealkylation sites (tertiary alicyclic amines) is 1. The maximum absolute atomic E-state index is 11.7. The zero-order chi connectivity index (χ0) is 16.3. The summed E-state index contributed by atoms with van der Waals surface area (Å²) in [5, 5.41) is 16.4. The third-order valence-corrected chi connectivity index (χ3v) is 5.59. The van der Waals surface area contributed by atoms with Gasteiger partial charge in [-0.3, -0.25) is 9.79 Å². The second-order valence-electron chi connectivity index (χ2n) is 7.43. The van der Waals surface area contributed by atoms with E-state index >= 15 is 0 Å². The van der Waals surface area contributed by atoms with E-state index in [2.05, 4.69) is 22.5 Å². The van der Waals surface area contributed by atoms with Crippen LogP contribution in [0.25, 0.3) is 0 Å². The van der Waals surface area contributed by atoms with Crippen LogP contribution in [0.5, 0.6) is 0 Å². The maximum Gasteiger partial charge on any atom is 0.220 e. The topological polar surface area (TPSA) is 77.0 Å². The minimum Gasteiger partial charge on any atom is -0.393 e. The minimum atomic E-state index is -0.189. The van der Waals surface area contributed by atoms with Crippen LogP contribution in [0, 0.1) is 11.3 Å². The first-order valence-corrected chi connectivity index (χ1v) is 9.10. The molecule has 130 valence electrons. The van der Waals surface area contributed by atoms with Crippen molar-refractivity contribution in [3.8, 4) is 0 Å². The van der Waals surface area contributed by atoms with Gasteiger partial charge in [0.25, 0.3) is 0 Å². The van der Waals surface area contributed by atoms with Crippen molar-refractivity contribution in [2.75, 3.05) is 32.7 Å². The van der Waals surface area contributed by atoms with Gasteiger partial charge in [0.1, 0.15) is 0 Å². The normalized spacial score (nSPS) is 35.0. The van der Waals surface area contributed by atoms with Gasteiger partial charge in [0.15, 0.2) is 5.96 Å². The van der Waals surface area contributed by atoms with Gasteiger partial charge in [0.2, 0.25) is 5.91 Å². The lowest BCUT2D eigenvalue weighted by atomic mass is 9.79. The molecule has 1 amide bonds. The molecule has 1 saturated carbocycles. The number of guanidine groups is 1. The molecule has 2 saturated heterocycles. The number of nitrogens with one attached hydrogen (secondary N) is 2. The Morgan fingerprint density at radius 3 is 3.00 bits per heavy atom. The molecule has 3 aliphatic rings. The summed E-state index contributed by atoms with van der Waals surface area (Å²) < 4.78 is 0. The van der Waals surface area contributed by atoms with Gasteiger partial charge in [-0.15, -0.1) is 0 Å². The predicted octanol–water partition coefficient (Wildman–Crippen LogP) is 0.715. The summed E-state index contributed by atoms with van der Waals surface area (Å²) >= 11 is 0. The highest BCUT2D eigenvalue weighted by Gasteiger charge is 2.42. The number of amides is 1. The van der Waals surface area contributed by atoms with E-state index in [-0.39, 0.29) is 17.4 Å². The molecule has 3 rings (SSSR count). The Labute approximate surface area is 138 Å². The van der Waals surface area contributed by atoms with Crippen molar-refractivity contribution in [3.05, 3.63) is 0 Å². The smallest absolute Gasteiger partial charge is 0.220 e. The number of carbonyl (C=O) groups is 1.